The molecule has 1 atom stereocenters. The van der Waals surface area contributed by atoms with Gasteiger partial charge in [0.25, 0.3) is 0 Å². The molecule has 5 nitrogen and oxygen atoms in total. The van der Waals surface area contributed by atoms with Crippen LogP contribution in [0, 0.1) is 5.92 Å². The third kappa shape index (κ3) is 4.29. The zero-order valence-corrected chi connectivity index (χ0v) is 11.5. The van der Waals surface area contributed by atoms with Gasteiger partial charge in [-0.2, -0.15) is 0 Å². The minimum absolute atomic E-state index is 0.0253. The summed E-state index contributed by atoms with van der Waals surface area (Å²) in [5, 5.41) is 11.4. The average Bonchev–Trinajstić information content (AvgIpc) is 2.35. The highest BCUT2D eigenvalue weighted by molar-refractivity contribution is 5.80. The summed E-state index contributed by atoms with van der Waals surface area (Å²) in [5.41, 5.74) is 0. The first-order chi connectivity index (χ1) is 8.41. The van der Waals surface area contributed by atoms with E-state index in [0.29, 0.717) is 6.04 Å². The molecular formula is C13H24N2O3. The van der Waals surface area contributed by atoms with Gasteiger partial charge in [0.15, 0.2) is 0 Å². The van der Waals surface area contributed by atoms with Crippen molar-refractivity contribution in [3.8, 4) is 0 Å². The highest BCUT2D eigenvalue weighted by Crippen LogP contribution is 2.26. The first-order valence-corrected chi connectivity index (χ1v) is 6.63. The quantitative estimate of drug-likeness (QED) is 0.772. The number of carboxylic acids is 1. The number of likely N-dealkylation sites (N-methyl/N-ethyl adjacent to an activating group) is 1. The smallest absolute Gasteiger partial charge is 0.320 e. The predicted octanol–water partition coefficient (Wildman–Crippen LogP) is 1.09. The Kier molecular flexibility index (Phi) is 5.59. The van der Waals surface area contributed by atoms with Gasteiger partial charge in [0.05, 0.1) is 6.54 Å². The fourth-order valence-corrected chi connectivity index (χ4v) is 2.29. The van der Waals surface area contributed by atoms with Crippen molar-refractivity contribution >= 4 is 11.9 Å². The molecule has 1 aliphatic carbocycles. The Hall–Kier alpha value is -1.10. The molecule has 0 spiro atoms. The van der Waals surface area contributed by atoms with E-state index in [1.165, 1.54) is 19.8 Å². The Morgan fingerprint density at radius 2 is 1.89 bits per heavy atom. The standard InChI is InChI=1S/C13H24N2O3/c1-9-4-6-11(7-5-9)15(3)12(16)8-14-10(2)13(17)18/h9-11,14H,4-8H2,1-3H3,(H,17,18)/t9?,10-,11?/m0/s1. The zero-order valence-electron chi connectivity index (χ0n) is 11.5. The Morgan fingerprint density at radius 3 is 2.39 bits per heavy atom. The molecule has 1 saturated carbocycles. The van der Waals surface area contributed by atoms with Crippen LogP contribution in [0.15, 0.2) is 0 Å². The number of carbonyl (C=O) groups is 2. The van der Waals surface area contributed by atoms with Gasteiger partial charge in [-0.05, 0) is 38.5 Å². The van der Waals surface area contributed by atoms with E-state index in [1.54, 1.807) is 4.90 Å². The predicted molar refractivity (Wildman–Crippen MR) is 69.3 cm³/mol. The van der Waals surface area contributed by atoms with E-state index in [-0.39, 0.29) is 12.5 Å². The van der Waals surface area contributed by atoms with E-state index in [2.05, 4.69) is 12.2 Å². The number of hydrogen-bond donors (Lipinski definition) is 2. The Balaban J connectivity index is 2.35. The van der Waals surface area contributed by atoms with Crippen molar-refractivity contribution in [2.75, 3.05) is 13.6 Å². The minimum atomic E-state index is -0.933. The highest BCUT2D eigenvalue weighted by atomic mass is 16.4. The van der Waals surface area contributed by atoms with E-state index in [1.807, 2.05) is 7.05 Å². The van der Waals surface area contributed by atoms with Crippen LogP contribution in [0.3, 0.4) is 0 Å². The largest absolute Gasteiger partial charge is 0.480 e. The van der Waals surface area contributed by atoms with Gasteiger partial charge in [-0.3, -0.25) is 14.9 Å². The maximum atomic E-state index is 11.9. The van der Waals surface area contributed by atoms with Crippen molar-refractivity contribution in [3.63, 3.8) is 0 Å². The average molecular weight is 256 g/mol. The summed E-state index contributed by atoms with van der Waals surface area (Å²) in [6, 6.07) is -0.371. The number of hydrogen-bond acceptors (Lipinski definition) is 3. The highest BCUT2D eigenvalue weighted by Gasteiger charge is 2.25. The monoisotopic (exact) mass is 256 g/mol. The van der Waals surface area contributed by atoms with Crippen molar-refractivity contribution in [1.82, 2.24) is 10.2 Å². The van der Waals surface area contributed by atoms with Crippen LogP contribution in [0.5, 0.6) is 0 Å². The summed E-state index contributed by atoms with van der Waals surface area (Å²) >= 11 is 0. The van der Waals surface area contributed by atoms with Crippen molar-refractivity contribution in [2.45, 2.75) is 51.6 Å². The fraction of sp³-hybridized carbons (Fsp3) is 0.846. The van der Waals surface area contributed by atoms with E-state index < -0.39 is 12.0 Å². The summed E-state index contributed by atoms with van der Waals surface area (Å²) in [5.74, 6) is -0.200. The molecule has 0 unspecified atom stereocenters. The molecule has 0 radical (unpaired) electrons. The molecule has 0 bridgehead atoms. The molecule has 0 aromatic rings. The van der Waals surface area contributed by atoms with E-state index in [0.717, 1.165) is 18.8 Å². The number of rotatable bonds is 5. The van der Waals surface area contributed by atoms with Gasteiger partial charge in [-0.25, -0.2) is 0 Å². The van der Waals surface area contributed by atoms with Crippen molar-refractivity contribution < 1.29 is 14.7 Å². The van der Waals surface area contributed by atoms with Crippen LogP contribution in [-0.2, 0) is 9.59 Å². The van der Waals surface area contributed by atoms with Gasteiger partial charge in [0, 0.05) is 13.1 Å². The van der Waals surface area contributed by atoms with Crippen LogP contribution in [0.4, 0.5) is 0 Å². The number of aliphatic carboxylic acids is 1. The summed E-state index contributed by atoms with van der Waals surface area (Å²) in [4.78, 5) is 24.3. The lowest BCUT2D eigenvalue weighted by Crippen LogP contribution is -2.46. The molecule has 0 aromatic heterocycles. The number of amides is 1. The molecule has 2 N–H and O–H groups in total. The van der Waals surface area contributed by atoms with Crippen LogP contribution in [0.25, 0.3) is 0 Å². The SMILES string of the molecule is CC1CCC(N(C)C(=O)CN[C@@H](C)C(=O)O)CC1. The third-order valence-electron chi connectivity index (χ3n) is 3.86. The second-order valence-electron chi connectivity index (χ2n) is 5.36. The van der Waals surface area contributed by atoms with Gasteiger partial charge >= 0.3 is 5.97 Å². The minimum Gasteiger partial charge on any atom is -0.480 e. The van der Waals surface area contributed by atoms with Gasteiger partial charge in [-0.15, -0.1) is 0 Å². The summed E-state index contributed by atoms with van der Waals surface area (Å²) < 4.78 is 0. The number of carboxylic acid groups (broad SMARTS) is 1. The maximum Gasteiger partial charge on any atom is 0.320 e. The second kappa shape index (κ2) is 6.73. The Morgan fingerprint density at radius 1 is 1.33 bits per heavy atom. The number of carbonyl (C=O) groups excluding carboxylic acids is 1. The van der Waals surface area contributed by atoms with Crippen molar-refractivity contribution in [1.29, 1.82) is 0 Å². The molecule has 1 amide bonds. The maximum absolute atomic E-state index is 11.9. The van der Waals surface area contributed by atoms with Gasteiger partial charge in [-0.1, -0.05) is 6.92 Å². The molecule has 0 aliphatic heterocycles. The number of nitrogens with zero attached hydrogens (tertiary/aromatic N) is 1. The van der Waals surface area contributed by atoms with E-state index in [4.69, 9.17) is 5.11 Å². The van der Waals surface area contributed by atoms with Crippen LogP contribution >= 0.6 is 0 Å². The summed E-state index contributed by atoms with van der Waals surface area (Å²) in [6.07, 6.45) is 4.44. The molecule has 0 aromatic carbocycles. The Bertz CT molecular complexity index is 299. The van der Waals surface area contributed by atoms with Gasteiger partial charge < -0.3 is 10.0 Å². The molecule has 1 fully saturated rings. The summed E-state index contributed by atoms with van der Waals surface area (Å²) in [6.45, 7) is 3.88. The second-order valence-corrected chi connectivity index (χ2v) is 5.36. The molecule has 104 valence electrons. The van der Waals surface area contributed by atoms with Crippen LogP contribution in [0.1, 0.15) is 39.5 Å². The molecule has 0 saturated heterocycles. The summed E-state index contributed by atoms with van der Waals surface area (Å²) in [7, 11) is 1.82. The van der Waals surface area contributed by atoms with Crippen molar-refractivity contribution in [3.05, 3.63) is 0 Å². The van der Waals surface area contributed by atoms with Crippen LogP contribution in [0.2, 0.25) is 0 Å². The van der Waals surface area contributed by atoms with Gasteiger partial charge in [0.1, 0.15) is 6.04 Å². The first-order valence-electron chi connectivity index (χ1n) is 6.63. The lowest BCUT2D eigenvalue weighted by molar-refractivity contribution is -0.139. The molecule has 5 heteroatoms. The molecule has 18 heavy (non-hydrogen) atoms. The molecule has 1 rings (SSSR count). The normalized spacial score (nSPS) is 25.5. The fourth-order valence-electron chi connectivity index (χ4n) is 2.29. The molecule has 0 heterocycles. The zero-order chi connectivity index (χ0) is 13.7. The number of nitrogens with one attached hydrogen (secondary N) is 1. The van der Waals surface area contributed by atoms with Crippen LogP contribution < -0.4 is 5.32 Å². The topological polar surface area (TPSA) is 69.6 Å². The molecule has 1 aliphatic rings. The first kappa shape index (κ1) is 15.0. The lowest BCUT2D eigenvalue weighted by Gasteiger charge is -2.33. The molecular weight excluding hydrogens is 232 g/mol. The lowest BCUT2D eigenvalue weighted by atomic mass is 9.87. The van der Waals surface area contributed by atoms with Gasteiger partial charge in [0.2, 0.25) is 5.91 Å². The Labute approximate surface area is 109 Å². The van der Waals surface area contributed by atoms with E-state index in [9.17, 15) is 9.59 Å². The van der Waals surface area contributed by atoms with E-state index >= 15 is 0 Å². The van der Waals surface area contributed by atoms with Crippen molar-refractivity contribution in [2.24, 2.45) is 5.92 Å². The third-order valence-corrected chi connectivity index (χ3v) is 3.86. The van der Waals surface area contributed by atoms with Crippen LogP contribution in [-0.4, -0.2) is 47.6 Å².